The summed E-state index contributed by atoms with van der Waals surface area (Å²) in [7, 11) is 0. The van der Waals surface area contributed by atoms with Crippen LogP contribution in [0.4, 0.5) is 0 Å². The van der Waals surface area contributed by atoms with E-state index in [9.17, 15) is 5.11 Å². The van der Waals surface area contributed by atoms with E-state index in [-0.39, 0.29) is 6.10 Å². The van der Waals surface area contributed by atoms with Gasteiger partial charge in [-0.3, -0.25) is 4.90 Å². The summed E-state index contributed by atoms with van der Waals surface area (Å²) < 4.78 is 0. The van der Waals surface area contributed by atoms with Crippen molar-refractivity contribution in [3.8, 4) is 0 Å². The van der Waals surface area contributed by atoms with E-state index in [1.54, 1.807) is 0 Å². The number of fused-ring (bicyclic) bond motifs is 1. The molecule has 0 saturated heterocycles. The molecule has 0 radical (unpaired) electrons. The summed E-state index contributed by atoms with van der Waals surface area (Å²) in [6.07, 6.45) is 0.415. The molecule has 82 valence electrons. The van der Waals surface area contributed by atoms with Crippen LogP contribution in [0.25, 0.3) is 0 Å². The molecular weight excluding hydrogens is 188 g/mol. The number of hydrogen-bond donors (Lipinski definition) is 2. The van der Waals surface area contributed by atoms with E-state index in [1.165, 1.54) is 11.1 Å². The number of benzene rings is 1. The molecule has 0 aromatic heterocycles. The molecule has 1 aromatic rings. The van der Waals surface area contributed by atoms with Crippen LogP contribution in [0.3, 0.4) is 0 Å². The third-order valence-electron chi connectivity index (χ3n) is 2.96. The third-order valence-corrected chi connectivity index (χ3v) is 2.96. The van der Waals surface area contributed by atoms with Gasteiger partial charge in [0, 0.05) is 26.2 Å². The molecule has 3 N–H and O–H groups in total. The molecule has 1 aliphatic heterocycles. The van der Waals surface area contributed by atoms with E-state index in [4.69, 9.17) is 5.73 Å². The van der Waals surface area contributed by atoms with Gasteiger partial charge in [-0.2, -0.15) is 0 Å². The molecule has 15 heavy (non-hydrogen) atoms. The Hall–Kier alpha value is -0.900. The second-order valence-electron chi connectivity index (χ2n) is 4.16. The van der Waals surface area contributed by atoms with Gasteiger partial charge in [0.1, 0.15) is 0 Å². The number of aliphatic hydroxyl groups is 1. The molecule has 0 bridgehead atoms. The average Bonchev–Trinajstić information content (AvgIpc) is 2.68. The van der Waals surface area contributed by atoms with Crippen LogP contribution in [0, 0.1) is 0 Å². The minimum absolute atomic E-state index is 0.353. The van der Waals surface area contributed by atoms with Gasteiger partial charge in [0.25, 0.3) is 0 Å². The summed E-state index contributed by atoms with van der Waals surface area (Å²) in [4.78, 5) is 2.35. The van der Waals surface area contributed by atoms with Crippen molar-refractivity contribution in [1.29, 1.82) is 0 Å². The predicted octanol–water partition coefficient (Wildman–Crippen LogP) is 0.712. The lowest BCUT2D eigenvalue weighted by atomic mass is 10.1. The van der Waals surface area contributed by atoms with Crippen LogP contribution in [-0.4, -0.2) is 29.2 Å². The van der Waals surface area contributed by atoms with Gasteiger partial charge in [-0.1, -0.05) is 24.3 Å². The van der Waals surface area contributed by atoms with E-state index < -0.39 is 0 Å². The minimum Gasteiger partial charge on any atom is -0.392 e. The van der Waals surface area contributed by atoms with Gasteiger partial charge in [0.15, 0.2) is 0 Å². The van der Waals surface area contributed by atoms with Gasteiger partial charge in [-0.05, 0) is 17.5 Å². The molecule has 1 heterocycles. The Morgan fingerprint density at radius 3 is 2.40 bits per heavy atom. The van der Waals surface area contributed by atoms with Crippen LogP contribution in [0.5, 0.6) is 0 Å². The zero-order valence-electron chi connectivity index (χ0n) is 8.89. The summed E-state index contributed by atoms with van der Waals surface area (Å²) in [6.45, 7) is 3.30. The molecule has 0 saturated carbocycles. The van der Waals surface area contributed by atoms with Crippen molar-refractivity contribution >= 4 is 0 Å². The zero-order valence-corrected chi connectivity index (χ0v) is 8.89. The molecular formula is C12H18N2O. The van der Waals surface area contributed by atoms with Crippen molar-refractivity contribution in [1.82, 2.24) is 4.90 Å². The summed E-state index contributed by atoms with van der Waals surface area (Å²) in [5.74, 6) is 0. The Labute approximate surface area is 90.5 Å². The van der Waals surface area contributed by atoms with E-state index in [2.05, 4.69) is 29.2 Å². The molecule has 3 heteroatoms. The lowest BCUT2D eigenvalue weighted by molar-refractivity contribution is 0.146. The number of aliphatic hydroxyl groups excluding tert-OH is 1. The predicted molar refractivity (Wildman–Crippen MR) is 60.2 cm³/mol. The van der Waals surface area contributed by atoms with Gasteiger partial charge in [-0.25, -0.2) is 0 Å². The Kier molecular flexibility index (Phi) is 3.36. The van der Waals surface area contributed by atoms with E-state index >= 15 is 0 Å². The molecule has 1 unspecified atom stereocenters. The second-order valence-corrected chi connectivity index (χ2v) is 4.16. The highest BCUT2D eigenvalue weighted by molar-refractivity contribution is 5.30. The van der Waals surface area contributed by atoms with Crippen LogP contribution in [0.2, 0.25) is 0 Å². The first kappa shape index (κ1) is 10.6. The first-order chi connectivity index (χ1) is 7.29. The van der Waals surface area contributed by atoms with Crippen molar-refractivity contribution in [2.45, 2.75) is 25.6 Å². The quantitative estimate of drug-likeness (QED) is 0.763. The Balaban J connectivity index is 1.85. The monoisotopic (exact) mass is 206 g/mol. The van der Waals surface area contributed by atoms with E-state index in [1.807, 2.05) is 0 Å². The highest BCUT2D eigenvalue weighted by atomic mass is 16.3. The largest absolute Gasteiger partial charge is 0.392 e. The van der Waals surface area contributed by atoms with Gasteiger partial charge in [0.2, 0.25) is 0 Å². The standard InChI is InChI=1S/C12H18N2O/c13-7-12(15)5-6-14-8-10-3-1-2-4-11(10)9-14/h1-4,12,15H,5-9,13H2. The highest BCUT2D eigenvalue weighted by Crippen LogP contribution is 2.22. The van der Waals surface area contributed by atoms with Crippen molar-refractivity contribution in [3.63, 3.8) is 0 Å². The molecule has 1 atom stereocenters. The fourth-order valence-electron chi connectivity index (χ4n) is 2.01. The van der Waals surface area contributed by atoms with Crippen LogP contribution >= 0.6 is 0 Å². The van der Waals surface area contributed by atoms with Crippen molar-refractivity contribution < 1.29 is 5.11 Å². The zero-order chi connectivity index (χ0) is 10.7. The maximum atomic E-state index is 9.38. The number of nitrogens with two attached hydrogens (primary N) is 1. The maximum absolute atomic E-state index is 9.38. The fraction of sp³-hybridized carbons (Fsp3) is 0.500. The summed E-state index contributed by atoms with van der Waals surface area (Å²) in [5, 5.41) is 9.38. The van der Waals surface area contributed by atoms with E-state index in [0.29, 0.717) is 6.54 Å². The van der Waals surface area contributed by atoms with E-state index in [0.717, 1.165) is 26.1 Å². The number of rotatable bonds is 4. The topological polar surface area (TPSA) is 49.5 Å². The maximum Gasteiger partial charge on any atom is 0.0674 e. The SMILES string of the molecule is NCC(O)CCN1Cc2ccccc2C1. The normalized spacial score (nSPS) is 17.7. The Morgan fingerprint density at radius 1 is 1.27 bits per heavy atom. The van der Waals surface area contributed by atoms with Gasteiger partial charge in [0.05, 0.1) is 6.10 Å². The molecule has 2 rings (SSSR count). The molecule has 3 nitrogen and oxygen atoms in total. The Bertz CT molecular complexity index is 302. The van der Waals surface area contributed by atoms with Gasteiger partial charge < -0.3 is 10.8 Å². The molecule has 0 aliphatic carbocycles. The molecule has 0 spiro atoms. The van der Waals surface area contributed by atoms with Crippen LogP contribution < -0.4 is 5.73 Å². The first-order valence-electron chi connectivity index (χ1n) is 5.47. The summed E-state index contributed by atoms with van der Waals surface area (Å²) >= 11 is 0. The van der Waals surface area contributed by atoms with Crippen molar-refractivity contribution in [3.05, 3.63) is 35.4 Å². The lowest BCUT2D eigenvalue weighted by Crippen LogP contribution is -2.26. The van der Waals surface area contributed by atoms with Crippen LogP contribution in [-0.2, 0) is 13.1 Å². The van der Waals surface area contributed by atoms with Crippen molar-refractivity contribution in [2.24, 2.45) is 5.73 Å². The highest BCUT2D eigenvalue weighted by Gasteiger charge is 2.18. The second kappa shape index (κ2) is 4.75. The van der Waals surface area contributed by atoms with Crippen molar-refractivity contribution in [2.75, 3.05) is 13.1 Å². The fourth-order valence-corrected chi connectivity index (χ4v) is 2.01. The smallest absolute Gasteiger partial charge is 0.0674 e. The minimum atomic E-state index is -0.353. The molecule has 0 fully saturated rings. The third kappa shape index (κ3) is 2.56. The molecule has 1 aliphatic rings. The van der Waals surface area contributed by atoms with Gasteiger partial charge >= 0.3 is 0 Å². The number of nitrogens with zero attached hydrogens (tertiary/aromatic N) is 1. The molecule has 0 amide bonds. The van der Waals surface area contributed by atoms with Gasteiger partial charge in [-0.15, -0.1) is 0 Å². The Morgan fingerprint density at radius 2 is 1.87 bits per heavy atom. The number of hydrogen-bond acceptors (Lipinski definition) is 3. The van der Waals surface area contributed by atoms with Crippen LogP contribution in [0.1, 0.15) is 17.5 Å². The summed E-state index contributed by atoms with van der Waals surface area (Å²) in [6, 6.07) is 8.51. The van der Waals surface area contributed by atoms with Crippen LogP contribution in [0.15, 0.2) is 24.3 Å². The lowest BCUT2D eigenvalue weighted by Gasteiger charge is -2.16. The average molecular weight is 206 g/mol. The first-order valence-corrected chi connectivity index (χ1v) is 5.47. The summed E-state index contributed by atoms with van der Waals surface area (Å²) in [5.41, 5.74) is 8.21. The molecule has 1 aromatic carbocycles.